The highest BCUT2D eigenvalue weighted by molar-refractivity contribution is 5.91. The Kier molecular flexibility index (Phi) is 5.10. The van der Waals surface area contributed by atoms with E-state index in [9.17, 15) is 23.8 Å². The topological polar surface area (TPSA) is 124 Å². The van der Waals surface area contributed by atoms with Gasteiger partial charge in [-0.3, -0.25) is 4.79 Å². The molecule has 0 saturated heterocycles. The molecule has 0 radical (unpaired) electrons. The molecule has 3 heterocycles. The molecule has 0 spiro atoms. The number of aliphatic hydroxyl groups is 1. The first-order valence-corrected chi connectivity index (χ1v) is 9.64. The van der Waals surface area contributed by atoms with Crippen molar-refractivity contribution in [1.29, 1.82) is 0 Å². The van der Waals surface area contributed by atoms with Gasteiger partial charge in [0.15, 0.2) is 17.5 Å². The Balaban J connectivity index is 1.61. The number of carboxylic acids is 1. The molecule has 0 bridgehead atoms. The zero-order valence-corrected chi connectivity index (χ0v) is 16.2. The monoisotopic (exact) mass is 417 g/mol. The van der Waals surface area contributed by atoms with Crippen LogP contribution in [0.15, 0.2) is 24.7 Å². The molecule has 4 N–H and O–H groups in total. The van der Waals surface area contributed by atoms with Crippen LogP contribution in [0, 0.1) is 17.6 Å². The van der Waals surface area contributed by atoms with E-state index in [1.165, 1.54) is 13.0 Å². The van der Waals surface area contributed by atoms with Crippen LogP contribution in [0.4, 0.5) is 14.6 Å². The summed E-state index contributed by atoms with van der Waals surface area (Å²) < 4.78 is 28.0. The predicted molar refractivity (Wildman–Crippen MR) is 105 cm³/mol. The van der Waals surface area contributed by atoms with Gasteiger partial charge in [0, 0.05) is 23.2 Å². The average Bonchev–Trinajstić information content (AvgIpc) is 3.12. The molecule has 3 aromatic heterocycles. The van der Waals surface area contributed by atoms with Gasteiger partial charge >= 0.3 is 5.97 Å². The molecule has 0 aliphatic heterocycles. The summed E-state index contributed by atoms with van der Waals surface area (Å²) >= 11 is 0. The van der Waals surface area contributed by atoms with Crippen LogP contribution in [0.5, 0.6) is 0 Å². The number of rotatable bonds is 5. The average molecular weight is 417 g/mol. The molecule has 8 nitrogen and oxygen atoms in total. The molecule has 10 heteroatoms. The van der Waals surface area contributed by atoms with Crippen molar-refractivity contribution in [3.05, 3.63) is 36.3 Å². The molecule has 1 unspecified atom stereocenters. The first-order valence-electron chi connectivity index (χ1n) is 9.64. The predicted octanol–water partition coefficient (Wildman–Crippen LogP) is 3.10. The van der Waals surface area contributed by atoms with Gasteiger partial charge in [0.25, 0.3) is 0 Å². The van der Waals surface area contributed by atoms with Crippen molar-refractivity contribution in [3.63, 3.8) is 0 Å². The van der Waals surface area contributed by atoms with Crippen molar-refractivity contribution in [2.75, 3.05) is 5.32 Å². The summed E-state index contributed by atoms with van der Waals surface area (Å²) in [6.45, 7) is 1.47. The molecular weight excluding hydrogens is 396 g/mol. The summed E-state index contributed by atoms with van der Waals surface area (Å²) in [5.41, 5.74) is -0.456. The number of nitrogens with zero attached hydrogens (tertiary/aromatic N) is 3. The summed E-state index contributed by atoms with van der Waals surface area (Å²) in [7, 11) is 0. The van der Waals surface area contributed by atoms with E-state index in [0.29, 0.717) is 35.9 Å². The van der Waals surface area contributed by atoms with Crippen LogP contribution in [0.3, 0.4) is 0 Å². The number of aliphatic carboxylic acids is 1. The summed E-state index contributed by atoms with van der Waals surface area (Å²) in [6.07, 6.45) is 5.43. The molecule has 1 aliphatic carbocycles. The lowest BCUT2D eigenvalue weighted by Crippen LogP contribution is -2.47. The number of carbonyl (C=O) groups is 1. The molecule has 158 valence electrons. The number of hydrogen-bond donors (Lipinski definition) is 4. The van der Waals surface area contributed by atoms with E-state index in [4.69, 9.17) is 0 Å². The van der Waals surface area contributed by atoms with Gasteiger partial charge in [-0.05, 0) is 38.7 Å². The van der Waals surface area contributed by atoms with Gasteiger partial charge < -0.3 is 20.5 Å². The Labute approximate surface area is 170 Å². The van der Waals surface area contributed by atoms with Gasteiger partial charge in [0.2, 0.25) is 0 Å². The van der Waals surface area contributed by atoms with Crippen molar-refractivity contribution in [2.45, 2.75) is 44.2 Å². The summed E-state index contributed by atoms with van der Waals surface area (Å²) in [4.78, 5) is 26.5. The molecule has 0 amide bonds. The smallest absolute Gasteiger partial charge is 0.309 e. The van der Waals surface area contributed by atoms with E-state index in [1.54, 1.807) is 6.20 Å². The normalized spacial score (nSPS) is 22.7. The third-order valence-electron chi connectivity index (χ3n) is 5.76. The van der Waals surface area contributed by atoms with Crippen molar-refractivity contribution < 1.29 is 23.8 Å². The maximum atomic E-state index is 14.4. The van der Waals surface area contributed by atoms with Crippen molar-refractivity contribution in [3.8, 4) is 11.4 Å². The van der Waals surface area contributed by atoms with Gasteiger partial charge in [0.1, 0.15) is 11.5 Å². The second kappa shape index (κ2) is 7.60. The maximum Gasteiger partial charge on any atom is 0.309 e. The van der Waals surface area contributed by atoms with E-state index < -0.39 is 29.1 Å². The molecule has 3 aromatic rings. The van der Waals surface area contributed by atoms with Gasteiger partial charge in [0.05, 0.1) is 23.9 Å². The molecule has 3 atom stereocenters. The Morgan fingerprint density at radius 3 is 2.93 bits per heavy atom. The number of nitrogens with one attached hydrogen (secondary N) is 2. The zero-order chi connectivity index (χ0) is 21.5. The lowest BCUT2D eigenvalue weighted by Gasteiger charge is -2.39. The van der Waals surface area contributed by atoms with Crippen LogP contribution in [0.25, 0.3) is 22.4 Å². The Hall–Kier alpha value is -3.14. The number of carboxylic acid groups (broad SMARTS) is 1. The standard InChI is InChI=1S/C20H21F2N5O3/c1-10(19(28)29)20(30)4-2-3-12(6-20)26-18-15(22)9-25-17(27-18)14-8-24-16-13(14)5-11(21)7-23-16/h5,7-10,12,30H,2-4,6H2,1H3,(H,23,24)(H,28,29)(H,25,26,27)/t10?,12-,20+/m0/s1. The Bertz CT molecular complexity index is 1110. The van der Waals surface area contributed by atoms with Crippen LogP contribution in [-0.2, 0) is 4.79 Å². The number of halogens is 2. The van der Waals surface area contributed by atoms with Gasteiger partial charge in [-0.2, -0.15) is 0 Å². The van der Waals surface area contributed by atoms with Crippen LogP contribution in [0.2, 0.25) is 0 Å². The van der Waals surface area contributed by atoms with Crippen molar-refractivity contribution in [1.82, 2.24) is 19.9 Å². The molecule has 1 saturated carbocycles. The first-order chi connectivity index (χ1) is 14.3. The number of aromatic nitrogens is 4. The van der Waals surface area contributed by atoms with Crippen LogP contribution < -0.4 is 5.32 Å². The fourth-order valence-corrected chi connectivity index (χ4v) is 3.99. The van der Waals surface area contributed by atoms with Crippen LogP contribution in [0.1, 0.15) is 32.6 Å². The largest absolute Gasteiger partial charge is 0.481 e. The summed E-state index contributed by atoms with van der Waals surface area (Å²) in [5.74, 6) is -3.09. The van der Waals surface area contributed by atoms with Gasteiger partial charge in [-0.1, -0.05) is 0 Å². The van der Waals surface area contributed by atoms with Gasteiger partial charge in [-0.15, -0.1) is 0 Å². The van der Waals surface area contributed by atoms with Gasteiger partial charge in [-0.25, -0.2) is 23.7 Å². The Morgan fingerprint density at radius 2 is 2.17 bits per heavy atom. The fraction of sp³-hybridized carbons (Fsp3) is 0.400. The highest BCUT2D eigenvalue weighted by atomic mass is 19.1. The van der Waals surface area contributed by atoms with Crippen LogP contribution in [-0.4, -0.2) is 47.8 Å². The number of aromatic amines is 1. The quantitative estimate of drug-likeness (QED) is 0.503. The third-order valence-corrected chi connectivity index (χ3v) is 5.76. The number of pyridine rings is 1. The fourth-order valence-electron chi connectivity index (χ4n) is 3.99. The van der Waals surface area contributed by atoms with Crippen molar-refractivity contribution in [2.24, 2.45) is 5.92 Å². The Morgan fingerprint density at radius 1 is 1.37 bits per heavy atom. The maximum absolute atomic E-state index is 14.4. The molecule has 0 aromatic carbocycles. The van der Waals surface area contributed by atoms with Crippen molar-refractivity contribution >= 4 is 22.8 Å². The molecule has 4 rings (SSSR count). The van der Waals surface area contributed by atoms with E-state index in [0.717, 1.165) is 12.4 Å². The van der Waals surface area contributed by atoms with E-state index in [-0.39, 0.29) is 24.1 Å². The highest BCUT2D eigenvalue weighted by Gasteiger charge is 2.42. The molecule has 30 heavy (non-hydrogen) atoms. The lowest BCUT2D eigenvalue weighted by atomic mass is 9.74. The first kappa shape index (κ1) is 20.1. The zero-order valence-electron chi connectivity index (χ0n) is 16.2. The molecule has 1 fully saturated rings. The number of fused-ring (bicyclic) bond motifs is 1. The minimum Gasteiger partial charge on any atom is -0.481 e. The minimum atomic E-state index is -1.38. The van der Waals surface area contributed by atoms with E-state index in [1.807, 2.05) is 0 Å². The van der Waals surface area contributed by atoms with E-state index >= 15 is 0 Å². The number of H-pyrrole nitrogens is 1. The lowest BCUT2D eigenvalue weighted by molar-refractivity contribution is -0.153. The third kappa shape index (κ3) is 3.70. The highest BCUT2D eigenvalue weighted by Crippen LogP contribution is 2.36. The second-order valence-corrected chi connectivity index (χ2v) is 7.74. The summed E-state index contributed by atoms with van der Waals surface area (Å²) in [6, 6.07) is 0.938. The molecule has 1 aliphatic rings. The SMILES string of the molecule is CC(C(=O)O)[C@@]1(O)CCC[C@H](Nc2nc(-c3c[nH]c4ncc(F)cc34)ncc2F)C1. The van der Waals surface area contributed by atoms with E-state index in [2.05, 4.69) is 25.3 Å². The second-order valence-electron chi connectivity index (χ2n) is 7.74. The number of anilines is 1. The summed E-state index contributed by atoms with van der Waals surface area (Å²) in [5, 5.41) is 23.5. The number of hydrogen-bond acceptors (Lipinski definition) is 6. The van der Waals surface area contributed by atoms with Crippen LogP contribution >= 0.6 is 0 Å². The minimum absolute atomic E-state index is 0.0593. The molecular formula is C20H21F2N5O3.